The molecule has 1 aromatic heterocycles. The first-order valence-electron chi connectivity index (χ1n) is 12.8. The van der Waals surface area contributed by atoms with E-state index in [0.29, 0.717) is 25.3 Å². The first-order chi connectivity index (χ1) is 18.6. The molecule has 0 bridgehead atoms. The predicted octanol–water partition coefficient (Wildman–Crippen LogP) is 3.99. The van der Waals surface area contributed by atoms with Gasteiger partial charge in [0.1, 0.15) is 30.8 Å². The van der Waals surface area contributed by atoms with E-state index in [0.717, 1.165) is 40.2 Å². The van der Waals surface area contributed by atoms with Crippen molar-refractivity contribution in [2.75, 3.05) is 38.8 Å². The van der Waals surface area contributed by atoms with Gasteiger partial charge >= 0.3 is 0 Å². The van der Waals surface area contributed by atoms with Crippen molar-refractivity contribution in [3.63, 3.8) is 0 Å². The lowest BCUT2D eigenvalue weighted by Crippen LogP contribution is -2.51. The molecule has 0 spiro atoms. The smallest absolute Gasteiger partial charge is 0.257 e. The lowest BCUT2D eigenvalue weighted by molar-refractivity contribution is -0.121. The highest BCUT2D eigenvalue weighted by Crippen LogP contribution is 2.44. The van der Waals surface area contributed by atoms with Crippen molar-refractivity contribution >= 4 is 28.4 Å². The maximum Gasteiger partial charge on any atom is 0.257 e. The van der Waals surface area contributed by atoms with Crippen LogP contribution in [0.1, 0.15) is 27.8 Å². The van der Waals surface area contributed by atoms with Gasteiger partial charge in [-0.3, -0.25) is 9.59 Å². The van der Waals surface area contributed by atoms with Gasteiger partial charge in [0, 0.05) is 24.5 Å². The highest BCUT2D eigenvalue weighted by atomic mass is 16.5. The molecule has 0 saturated heterocycles. The highest BCUT2D eigenvalue weighted by molar-refractivity contribution is 6.02. The molecule has 1 unspecified atom stereocenters. The van der Waals surface area contributed by atoms with Crippen LogP contribution in [0, 0.1) is 0 Å². The molecule has 8 heteroatoms. The van der Waals surface area contributed by atoms with Crippen molar-refractivity contribution in [2.24, 2.45) is 0 Å². The number of amides is 2. The minimum atomic E-state index is -0.278. The molecule has 1 N–H and O–H groups in total. The summed E-state index contributed by atoms with van der Waals surface area (Å²) < 4.78 is 13.0. The third-order valence-corrected chi connectivity index (χ3v) is 7.46. The Morgan fingerprint density at radius 2 is 1.74 bits per heavy atom. The van der Waals surface area contributed by atoms with Crippen LogP contribution in [0.5, 0.6) is 11.5 Å². The van der Waals surface area contributed by atoms with E-state index in [4.69, 9.17) is 9.47 Å². The maximum absolute atomic E-state index is 13.5. The largest absolute Gasteiger partial charge is 0.497 e. The Morgan fingerprint density at radius 3 is 2.55 bits per heavy atom. The molecular weight excluding hydrogens is 480 g/mol. The molecule has 0 aliphatic carbocycles. The van der Waals surface area contributed by atoms with E-state index in [1.807, 2.05) is 72.6 Å². The average Bonchev–Trinajstić information content (AvgIpc) is 3.27. The molecule has 2 aliphatic rings. The van der Waals surface area contributed by atoms with Crippen LogP contribution in [0.3, 0.4) is 0 Å². The van der Waals surface area contributed by atoms with E-state index in [-0.39, 0.29) is 24.5 Å². The predicted molar refractivity (Wildman–Crippen MR) is 146 cm³/mol. The number of nitrogens with one attached hydrogen (secondary N) is 1. The van der Waals surface area contributed by atoms with E-state index in [1.54, 1.807) is 7.11 Å². The third-order valence-electron chi connectivity index (χ3n) is 7.46. The van der Waals surface area contributed by atoms with Crippen molar-refractivity contribution in [1.29, 1.82) is 0 Å². The van der Waals surface area contributed by atoms with Crippen LogP contribution in [-0.2, 0) is 17.8 Å². The topological polar surface area (TPSA) is 76.0 Å². The number of carbonyl (C=O) groups excluding carboxylic acids is 2. The van der Waals surface area contributed by atoms with Gasteiger partial charge in [-0.05, 0) is 54.4 Å². The van der Waals surface area contributed by atoms with E-state index in [2.05, 4.69) is 26.9 Å². The van der Waals surface area contributed by atoms with Crippen LogP contribution in [0.15, 0.2) is 72.8 Å². The molecule has 3 aromatic carbocycles. The molecule has 6 rings (SSSR count). The van der Waals surface area contributed by atoms with Gasteiger partial charge in [-0.25, -0.2) is 0 Å². The number of ether oxygens (including phenoxy) is 2. The zero-order valence-corrected chi connectivity index (χ0v) is 21.5. The van der Waals surface area contributed by atoms with Gasteiger partial charge < -0.3 is 29.2 Å². The van der Waals surface area contributed by atoms with Gasteiger partial charge in [-0.2, -0.15) is 0 Å². The summed E-state index contributed by atoms with van der Waals surface area (Å²) in [5.41, 5.74) is 4.84. The van der Waals surface area contributed by atoms with Gasteiger partial charge in [0.2, 0.25) is 5.91 Å². The number of methoxy groups -OCH3 is 1. The van der Waals surface area contributed by atoms with E-state index < -0.39 is 0 Å². The molecule has 38 heavy (non-hydrogen) atoms. The summed E-state index contributed by atoms with van der Waals surface area (Å²) in [6, 6.07) is 23.3. The van der Waals surface area contributed by atoms with Gasteiger partial charge in [-0.15, -0.1) is 0 Å². The first-order valence-corrected chi connectivity index (χ1v) is 12.8. The number of rotatable bonds is 7. The summed E-state index contributed by atoms with van der Waals surface area (Å²) >= 11 is 0. The molecular formula is C30H30N4O4. The molecule has 194 valence electrons. The Balaban J connectivity index is 1.25. The minimum absolute atomic E-state index is 0.0336. The van der Waals surface area contributed by atoms with Crippen LogP contribution in [0.25, 0.3) is 10.9 Å². The summed E-state index contributed by atoms with van der Waals surface area (Å²) in [5, 5.41) is 4.13. The second-order valence-electron chi connectivity index (χ2n) is 9.59. The first kappa shape index (κ1) is 23.9. The molecule has 0 radical (unpaired) electrons. The molecule has 3 heterocycles. The van der Waals surface area contributed by atoms with Crippen LogP contribution >= 0.6 is 0 Å². The van der Waals surface area contributed by atoms with Crippen molar-refractivity contribution < 1.29 is 19.1 Å². The Labute approximate surface area is 221 Å². The van der Waals surface area contributed by atoms with Gasteiger partial charge in [0.05, 0.1) is 30.6 Å². The molecule has 0 fully saturated rings. The van der Waals surface area contributed by atoms with E-state index in [1.165, 1.54) is 5.56 Å². The Kier molecular flexibility index (Phi) is 6.15. The van der Waals surface area contributed by atoms with Crippen molar-refractivity contribution in [3.05, 3.63) is 89.6 Å². The fourth-order valence-electron chi connectivity index (χ4n) is 5.71. The molecule has 8 nitrogen and oxygen atoms in total. The molecule has 1 atom stereocenters. The lowest BCUT2D eigenvalue weighted by atomic mass is 9.96. The number of nitrogens with zero attached hydrogens (tertiary/aromatic N) is 3. The summed E-state index contributed by atoms with van der Waals surface area (Å²) in [6.45, 7) is 1.53. The van der Waals surface area contributed by atoms with Crippen LogP contribution in [0.4, 0.5) is 5.69 Å². The zero-order valence-electron chi connectivity index (χ0n) is 21.5. The normalized spacial score (nSPS) is 16.1. The number of para-hydroxylation sites is 2. The van der Waals surface area contributed by atoms with Crippen molar-refractivity contribution in [3.8, 4) is 11.5 Å². The summed E-state index contributed by atoms with van der Waals surface area (Å²) in [6.07, 6.45) is 0.470. The zero-order chi connectivity index (χ0) is 26.2. The van der Waals surface area contributed by atoms with Crippen LogP contribution in [0.2, 0.25) is 0 Å². The van der Waals surface area contributed by atoms with Crippen LogP contribution < -0.4 is 19.7 Å². The maximum atomic E-state index is 13.5. The molecule has 2 aliphatic heterocycles. The lowest BCUT2D eigenvalue weighted by Gasteiger charge is -2.46. The monoisotopic (exact) mass is 510 g/mol. The molecule has 0 saturated carbocycles. The molecule has 2 amide bonds. The number of hydrogen-bond donors (Lipinski definition) is 1. The minimum Gasteiger partial charge on any atom is -0.497 e. The second kappa shape index (κ2) is 9.78. The second-order valence-corrected chi connectivity index (χ2v) is 9.59. The van der Waals surface area contributed by atoms with Crippen molar-refractivity contribution in [2.45, 2.75) is 19.1 Å². The SMILES string of the molecule is COc1ccc(OCCNC(=O)Cn2c3c(c4ccccc42)CCN2C(=O)c4ccccc4N(C)C32)cc1. The Bertz CT molecular complexity index is 1510. The summed E-state index contributed by atoms with van der Waals surface area (Å²) in [5.74, 6) is 1.41. The Morgan fingerprint density at radius 1 is 1.00 bits per heavy atom. The van der Waals surface area contributed by atoms with Crippen LogP contribution in [-0.4, -0.2) is 55.1 Å². The summed E-state index contributed by atoms with van der Waals surface area (Å²) in [4.78, 5) is 30.7. The average molecular weight is 511 g/mol. The van der Waals surface area contributed by atoms with E-state index in [9.17, 15) is 9.59 Å². The number of carbonyl (C=O) groups is 2. The third kappa shape index (κ3) is 4.02. The number of anilines is 1. The van der Waals surface area contributed by atoms with Gasteiger partial charge in [-0.1, -0.05) is 30.3 Å². The number of fused-ring (bicyclic) bond motifs is 6. The Hall–Kier alpha value is -4.46. The van der Waals surface area contributed by atoms with E-state index >= 15 is 0 Å². The number of benzene rings is 3. The van der Waals surface area contributed by atoms with Gasteiger partial charge in [0.25, 0.3) is 5.91 Å². The quantitative estimate of drug-likeness (QED) is 0.381. The number of aromatic nitrogens is 1. The standard InChI is InChI=1S/C30H30N4O4/c1-32-25-9-5-4-8-24(25)30(36)33-17-15-23-22-7-3-6-10-26(22)34(28(23)29(32)33)19-27(35)31-16-18-38-21-13-11-20(37-2)12-14-21/h3-14,29H,15-19H2,1-2H3,(H,31,35). The molecule has 4 aromatic rings. The van der Waals surface area contributed by atoms with Crippen molar-refractivity contribution in [1.82, 2.24) is 14.8 Å². The fourth-order valence-corrected chi connectivity index (χ4v) is 5.71. The number of hydrogen-bond acceptors (Lipinski definition) is 5. The van der Waals surface area contributed by atoms with Gasteiger partial charge in [0.15, 0.2) is 0 Å². The highest BCUT2D eigenvalue weighted by Gasteiger charge is 2.42. The fraction of sp³-hybridized carbons (Fsp3) is 0.267. The summed E-state index contributed by atoms with van der Waals surface area (Å²) in [7, 11) is 3.65.